The number of amides is 1. The van der Waals surface area contributed by atoms with Gasteiger partial charge in [-0.2, -0.15) is 0 Å². The topological polar surface area (TPSA) is 32.3 Å². The molecule has 1 heterocycles. The Morgan fingerprint density at radius 2 is 2.08 bits per heavy atom. The molecule has 0 aromatic carbocycles. The van der Waals surface area contributed by atoms with Crippen molar-refractivity contribution in [2.75, 3.05) is 19.6 Å². The molecule has 0 bridgehead atoms. The molecule has 0 aliphatic carbocycles. The van der Waals surface area contributed by atoms with Crippen LogP contribution in [0.3, 0.4) is 0 Å². The Morgan fingerprint density at radius 1 is 1.42 bits per heavy atom. The van der Waals surface area contributed by atoms with E-state index in [1.165, 1.54) is 19.3 Å². The van der Waals surface area contributed by atoms with Crippen molar-refractivity contribution in [2.24, 2.45) is 0 Å². The van der Waals surface area contributed by atoms with Crippen LogP contribution >= 0.6 is 0 Å². The number of carbonyl (C=O) groups excluding carboxylic acids is 1. The summed E-state index contributed by atoms with van der Waals surface area (Å²) in [4.78, 5) is 13.2. The van der Waals surface area contributed by atoms with Gasteiger partial charge in [0, 0.05) is 6.54 Å². The second kappa shape index (κ2) is 5.20. The van der Waals surface area contributed by atoms with Gasteiger partial charge in [-0.3, -0.25) is 4.79 Å². The summed E-state index contributed by atoms with van der Waals surface area (Å²) in [6.07, 6.45) is 3.74. The fourth-order valence-corrected chi connectivity index (χ4v) is 1.43. The molecule has 1 aliphatic rings. The lowest BCUT2D eigenvalue weighted by Crippen LogP contribution is -2.42. The van der Waals surface area contributed by atoms with E-state index in [9.17, 15) is 4.79 Å². The molecule has 4 heteroatoms. The molecule has 0 aromatic heterocycles. The van der Waals surface area contributed by atoms with Crippen LogP contribution in [-0.2, 0) is 0 Å². The minimum atomic E-state index is 0.0411. The highest BCUT2D eigenvalue weighted by Gasteiger charge is 2.15. The quantitative estimate of drug-likeness (QED) is 0.631. The number of nitrogens with one attached hydrogen (secondary N) is 1. The van der Waals surface area contributed by atoms with Gasteiger partial charge in [-0.25, -0.2) is 0 Å². The van der Waals surface area contributed by atoms with Crippen LogP contribution in [0.15, 0.2) is 0 Å². The molecule has 12 heavy (non-hydrogen) atoms. The van der Waals surface area contributed by atoms with Gasteiger partial charge in [0.25, 0.3) is 0 Å². The fourth-order valence-electron chi connectivity index (χ4n) is 1.43. The molecule has 0 unspecified atom stereocenters. The third kappa shape index (κ3) is 3.26. The van der Waals surface area contributed by atoms with E-state index in [1.807, 2.05) is 6.92 Å². The average Bonchev–Trinajstić information content (AvgIpc) is 2.06. The highest BCUT2D eigenvalue weighted by atomic mass is 16.1. The molecule has 1 rings (SSSR count). The number of carbonyl (C=O) groups is 1. The predicted molar refractivity (Wildman–Crippen MR) is 50.3 cm³/mol. The summed E-state index contributed by atoms with van der Waals surface area (Å²) >= 11 is 0. The van der Waals surface area contributed by atoms with E-state index in [-0.39, 0.29) is 5.81 Å². The number of piperidine rings is 1. The van der Waals surface area contributed by atoms with Gasteiger partial charge in [0.15, 0.2) is 5.81 Å². The van der Waals surface area contributed by atoms with Crippen molar-refractivity contribution in [1.82, 2.24) is 10.1 Å². The van der Waals surface area contributed by atoms with Gasteiger partial charge in [-0.15, -0.1) is 0 Å². The first-order chi connectivity index (χ1) is 5.83. The first kappa shape index (κ1) is 9.58. The number of hydrogen-bond acceptors (Lipinski definition) is 2. The third-order valence-corrected chi connectivity index (χ3v) is 2.04. The molecule has 1 radical (unpaired) electrons. The molecule has 1 aliphatic heterocycles. The normalized spacial score (nSPS) is 18.8. The van der Waals surface area contributed by atoms with Crippen molar-refractivity contribution in [1.29, 1.82) is 0 Å². The Bertz CT molecular complexity index is 146. The molecule has 3 nitrogen and oxygen atoms in total. The first-order valence-electron chi connectivity index (χ1n) is 4.69. The molecular formula is C8H16BN2O. The Kier molecular flexibility index (Phi) is 4.15. The SMILES string of the molecule is CCNC(=O)[B]N1CCCCC1. The van der Waals surface area contributed by atoms with Crippen molar-refractivity contribution in [2.45, 2.75) is 26.2 Å². The van der Waals surface area contributed by atoms with Crippen LogP contribution in [0, 0.1) is 0 Å². The van der Waals surface area contributed by atoms with Gasteiger partial charge in [0.05, 0.1) is 0 Å². The molecule has 0 atom stereocenters. The summed E-state index contributed by atoms with van der Waals surface area (Å²) in [6.45, 7) is 4.72. The molecule has 1 saturated heterocycles. The summed E-state index contributed by atoms with van der Waals surface area (Å²) < 4.78 is 0. The number of hydrogen-bond donors (Lipinski definition) is 1. The van der Waals surface area contributed by atoms with E-state index in [4.69, 9.17) is 0 Å². The predicted octanol–water partition coefficient (Wildman–Crippen LogP) is 0.821. The van der Waals surface area contributed by atoms with E-state index in [0.717, 1.165) is 13.1 Å². The molecular weight excluding hydrogens is 151 g/mol. The van der Waals surface area contributed by atoms with Crippen molar-refractivity contribution in [3.8, 4) is 0 Å². The molecule has 1 amide bonds. The molecule has 0 spiro atoms. The van der Waals surface area contributed by atoms with Crippen LogP contribution in [0.4, 0.5) is 4.79 Å². The van der Waals surface area contributed by atoms with Gasteiger partial charge in [-0.1, -0.05) is 6.42 Å². The lowest BCUT2D eigenvalue weighted by atomic mass is 9.87. The van der Waals surface area contributed by atoms with Crippen molar-refractivity contribution >= 4 is 13.2 Å². The minimum Gasteiger partial charge on any atom is -0.364 e. The highest BCUT2D eigenvalue weighted by Crippen LogP contribution is 2.06. The van der Waals surface area contributed by atoms with E-state index >= 15 is 0 Å². The standard InChI is InChI=1S/C8H16BN2O/c1-2-10-8(12)9-11-6-4-3-5-7-11/h2-7H2,1H3,(H,10,12). The maximum Gasteiger partial charge on any atom is 0.328 e. The van der Waals surface area contributed by atoms with Crippen molar-refractivity contribution < 1.29 is 4.79 Å². The molecule has 1 N–H and O–H groups in total. The monoisotopic (exact) mass is 167 g/mol. The zero-order chi connectivity index (χ0) is 8.81. The van der Waals surface area contributed by atoms with E-state index in [2.05, 4.69) is 10.1 Å². The Hall–Kier alpha value is -0.505. The second-order valence-electron chi connectivity index (χ2n) is 3.12. The van der Waals surface area contributed by atoms with Crippen LogP contribution in [-0.4, -0.2) is 37.7 Å². The Labute approximate surface area is 74.8 Å². The van der Waals surface area contributed by atoms with E-state index < -0.39 is 0 Å². The lowest BCUT2D eigenvalue weighted by Gasteiger charge is -2.24. The Morgan fingerprint density at radius 3 is 2.67 bits per heavy atom. The van der Waals surface area contributed by atoms with Crippen molar-refractivity contribution in [3.63, 3.8) is 0 Å². The summed E-state index contributed by atoms with van der Waals surface area (Å²) in [5, 5.41) is 2.76. The lowest BCUT2D eigenvalue weighted by molar-refractivity contribution is 0.256. The summed E-state index contributed by atoms with van der Waals surface area (Å²) in [5.41, 5.74) is 0. The zero-order valence-corrected chi connectivity index (χ0v) is 7.68. The number of rotatable bonds is 3. The van der Waals surface area contributed by atoms with E-state index in [1.54, 1.807) is 7.41 Å². The van der Waals surface area contributed by atoms with Gasteiger partial charge in [0.2, 0.25) is 0 Å². The van der Waals surface area contributed by atoms with Gasteiger partial charge < -0.3 is 10.1 Å². The minimum absolute atomic E-state index is 0.0411. The van der Waals surface area contributed by atoms with Crippen LogP contribution in [0.1, 0.15) is 26.2 Å². The smallest absolute Gasteiger partial charge is 0.328 e. The maximum atomic E-state index is 11.1. The first-order valence-corrected chi connectivity index (χ1v) is 4.69. The van der Waals surface area contributed by atoms with Crippen molar-refractivity contribution in [3.05, 3.63) is 0 Å². The molecule has 0 saturated carbocycles. The summed E-state index contributed by atoms with van der Waals surface area (Å²) in [5.74, 6) is 0.0411. The van der Waals surface area contributed by atoms with Gasteiger partial charge in [0.1, 0.15) is 0 Å². The molecule has 1 fully saturated rings. The van der Waals surface area contributed by atoms with Crippen LogP contribution in [0.5, 0.6) is 0 Å². The van der Waals surface area contributed by atoms with Crippen LogP contribution in [0.2, 0.25) is 0 Å². The van der Waals surface area contributed by atoms with Gasteiger partial charge in [-0.05, 0) is 32.9 Å². The largest absolute Gasteiger partial charge is 0.364 e. The molecule has 0 aromatic rings. The van der Waals surface area contributed by atoms with Crippen LogP contribution in [0.25, 0.3) is 0 Å². The van der Waals surface area contributed by atoms with E-state index in [0.29, 0.717) is 6.54 Å². The van der Waals surface area contributed by atoms with Crippen LogP contribution < -0.4 is 5.32 Å². The Balaban J connectivity index is 2.15. The zero-order valence-electron chi connectivity index (χ0n) is 7.68. The average molecular weight is 167 g/mol. The molecule has 67 valence electrons. The third-order valence-electron chi connectivity index (χ3n) is 2.04. The second-order valence-corrected chi connectivity index (χ2v) is 3.12. The fraction of sp³-hybridized carbons (Fsp3) is 0.875. The summed E-state index contributed by atoms with van der Waals surface area (Å²) in [6, 6.07) is 0. The summed E-state index contributed by atoms with van der Waals surface area (Å²) in [7, 11) is 1.70. The number of nitrogens with zero attached hydrogens (tertiary/aromatic N) is 1. The van der Waals surface area contributed by atoms with Gasteiger partial charge >= 0.3 is 7.41 Å². The maximum absolute atomic E-state index is 11.1. The highest BCUT2D eigenvalue weighted by molar-refractivity contribution is 6.71.